The van der Waals surface area contributed by atoms with Crippen LogP contribution in [0.5, 0.6) is 11.5 Å². The maximum absolute atomic E-state index is 12.8. The lowest BCUT2D eigenvalue weighted by Crippen LogP contribution is -2.42. The number of benzene rings is 1. The Kier molecular flexibility index (Phi) is 8.01. The Hall–Kier alpha value is -2.42. The number of nitrogens with one attached hydrogen (secondary N) is 1. The van der Waals surface area contributed by atoms with E-state index in [9.17, 15) is 4.79 Å². The second kappa shape index (κ2) is 11.1. The number of thiazole rings is 1. The number of thiophene rings is 1. The smallest absolute Gasteiger partial charge is 0.226 e. The van der Waals surface area contributed by atoms with E-state index in [1.807, 2.05) is 23.6 Å². The monoisotopic (exact) mass is 485 g/mol. The molecule has 1 aromatic carbocycles. The molecule has 0 radical (unpaired) electrons. The Balaban J connectivity index is 1.37. The molecule has 1 aliphatic heterocycles. The lowest BCUT2D eigenvalue weighted by molar-refractivity contribution is -0.120. The predicted octanol–water partition coefficient (Wildman–Crippen LogP) is 5.02. The van der Waals surface area contributed by atoms with Crippen LogP contribution in [0.2, 0.25) is 0 Å². The average molecular weight is 486 g/mol. The van der Waals surface area contributed by atoms with Crippen molar-refractivity contribution in [1.29, 1.82) is 0 Å². The standard InChI is InChI=1S/C25H31N3O3S2/c1-17-8-10-28(11-9-17)20(23-5-4-12-32-23)15-26-24(29)14-19-16-33-25(27-19)18-6-7-21(30-2)22(13-18)31-3/h4-7,12-13,16-17,20H,8-11,14-15H2,1-3H3,(H,26,29). The van der Waals surface area contributed by atoms with Gasteiger partial charge in [0, 0.05) is 22.4 Å². The highest BCUT2D eigenvalue weighted by Gasteiger charge is 2.25. The van der Waals surface area contributed by atoms with Gasteiger partial charge in [-0.15, -0.1) is 22.7 Å². The second-order valence-electron chi connectivity index (χ2n) is 8.44. The van der Waals surface area contributed by atoms with Gasteiger partial charge in [-0.2, -0.15) is 0 Å². The number of piperidine rings is 1. The highest BCUT2D eigenvalue weighted by atomic mass is 32.1. The Labute approximate surface area is 203 Å². The largest absolute Gasteiger partial charge is 0.493 e. The number of methoxy groups -OCH3 is 2. The van der Waals surface area contributed by atoms with Gasteiger partial charge in [-0.1, -0.05) is 13.0 Å². The Morgan fingerprint density at radius 1 is 1.18 bits per heavy atom. The van der Waals surface area contributed by atoms with Gasteiger partial charge in [-0.3, -0.25) is 9.69 Å². The summed E-state index contributed by atoms with van der Waals surface area (Å²) in [6.45, 7) is 5.12. The molecule has 3 heterocycles. The maximum Gasteiger partial charge on any atom is 0.226 e. The molecule has 33 heavy (non-hydrogen) atoms. The number of ether oxygens (including phenoxy) is 2. The highest BCUT2D eigenvalue weighted by molar-refractivity contribution is 7.13. The predicted molar refractivity (Wildman–Crippen MR) is 134 cm³/mol. The summed E-state index contributed by atoms with van der Waals surface area (Å²) in [4.78, 5) is 21.3. The summed E-state index contributed by atoms with van der Waals surface area (Å²) in [5.41, 5.74) is 1.73. The minimum Gasteiger partial charge on any atom is -0.493 e. The van der Waals surface area contributed by atoms with Gasteiger partial charge in [0.1, 0.15) is 5.01 Å². The molecule has 1 N–H and O–H groups in total. The molecule has 3 aromatic rings. The normalized spacial score (nSPS) is 15.8. The zero-order valence-corrected chi connectivity index (χ0v) is 21.0. The van der Waals surface area contributed by atoms with Crippen molar-refractivity contribution < 1.29 is 14.3 Å². The topological polar surface area (TPSA) is 63.7 Å². The molecular formula is C25H31N3O3S2. The van der Waals surface area contributed by atoms with E-state index in [1.54, 1.807) is 25.6 Å². The molecule has 1 aliphatic rings. The van der Waals surface area contributed by atoms with Gasteiger partial charge >= 0.3 is 0 Å². The van der Waals surface area contributed by atoms with Crippen molar-refractivity contribution in [2.75, 3.05) is 33.9 Å². The molecule has 0 bridgehead atoms. The number of hydrogen-bond acceptors (Lipinski definition) is 7. The first-order chi connectivity index (χ1) is 16.1. The summed E-state index contributed by atoms with van der Waals surface area (Å²) in [6, 6.07) is 10.2. The van der Waals surface area contributed by atoms with Crippen molar-refractivity contribution in [2.45, 2.75) is 32.2 Å². The molecule has 8 heteroatoms. The summed E-state index contributed by atoms with van der Waals surface area (Å²) < 4.78 is 10.7. The van der Waals surface area contributed by atoms with E-state index in [-0.39, 0.29) is 18.4 Å². The molecule has 1 atom stereocenters. The fourth-order valence-corrected chi connectivity index (χ4v) is 5.84. The third-order valence-electron chi connectivity index (χ3n) is 6.15. The van der Waals surface area contributed by atoms with Crippen LogP contribution in [0.1, 0.15) is 36.4 Å². The lowest BCUT2D eigenvalue weighted by atomic mass is 9.97. The number of carbonyl (C=O) groups is 1. The van der Waals surface area contributed by atoms with E-state index in [4.69, 9.17) is 9.47 Å². The number of amides is 1. The van der Waals surface area contributed by atoms with Crippen LogP contribution in [-0.4, -0.2) is 49.6 Å². The van der Waals surface area contributed by atoms with E-state index in [0.29, 0.717) is 18.0 Å². The number of nitrogens with zero attached hydrogens (tertiary/aromatic N) is 2. The third-order valence-corrected chi connectivity index (χ3v) is 8.06. The molecule has 1 amide bonds. The van der Waals surface area contributed by atoms with Crippen LogP contribution in [-0.2, 0) is 11.2 Å². The molecular weight excluding hydrogens is 454 g/mol. The average Bonchev–Trinajstić information content (AvgIpc) is 3.52. The fraction of sp³-hybridized carbons (Fsp3) is 0.440. The van der Waals surface area contributed by atoms with E-state index in [2.05, 4.69) is 39.6 Å². The van der Waals surface area contributed by atoms with Gasteiger partial charge < -0.3 is 14.8 Å². The van der Waals surface area contributed by atoms with Crippen molar-refractivity contribution in [1.82, 2.24) is 15.2 Å². The number of carbonyl (C=O) groups excluding carboxylic acids is 1. The zero-order chi connectivity index (χ0) is 23.2. The van der Waals surface area contributed by atoms with Crippen LogP contribution in [0.15, 0.2) is 41.1 Å². The molecule has 0 spiro atoms. The van der Waals surface area contributed by atoms with Crippen LogP contribution in [0, 0.1) is 5.92 Å². The van der Waals surface area contributed by atoms with Crippen molar-refractivity contribution in [3.63, 3.8) is 0 Å². The van der Waals surface area contributed by atoms with Crippen molar-refractivity contribution in [3.05, 3.63) is 51.7 Å². The van der Waals surface area contributed by atoms with Crippen LogP contribution in [0.3, 0.4) is 0 Å². The second-order valence-corrected chi connectivity index (χ2v) is 10.3. The molecule has 0 saturated carbocycles. The molecule has 1 fully saturated rings. The van der Waals surface area contributed by atoms with Crippen LogP contribution < -0.4 is 14.8 Å². The SMILES string of the molecule is COc1ccc(-c2nc(CC(=O)NCC(c3cccs3)N3CCC(C)CC3)cs2)cc1OC. The highest BCUT2D eigenvalue weighted by Crippen LogP contribution is 2.34. The Morgan fingerprint density at radius 3 is 2.67 bits per heavy atom. The maximum atomic E-state index is 12.8. The lowest BCUT2D eigenvalue weighted by Gasteiger charge is -2.36. The summed E-state index contributed by atoms with van der Waals surface area (Å²) in [6.07, 6.45) is 2.71. The third kappa shape index (κ3) is 5.93. The van der Waals surface area contributed by atoms with Crippen LogP contribution in [0.4, 0.5) is 0 Å². The minimum atomic E-state index is 0.00564. The van der Waals surface area contributed by atoms with Crippen LogP contribution in [0.25, 0.3) is 10.6 Å². The first-order valence-corrected chi connectivity index (χ1v) is 13.0. The molecule has 0 aliphatic carbocycles. The summed E-state index contributed by atoms with van der Waals surface area (Å²) in [5.74, 6) is 2.13. The van der Waals surface area contributed by atoms with Gasteiger partial charge in [0.2, 0.25) is 5.91 Å². The molecule has 176 valence electrons. The van der Waals surface area contributed by atoms with Crippen LogP contribution >= 0.6 is 22.7 Å². The molecule has 2 aromatic heterocycles. The van der Waals surface area contributed by atoms with E-state index in [0.717, 1.165) is 35.3 Å². The zero-order valence-electron chi connectivity index (χ0n) is 19.4. The number of aromatic nitrogens is 1. The first-order valence-electron chi connectivity index (χ1n) is 11.3. The number of likely N-dealkylation sites (tertiary alicyclic amines) is 1. The molecule has 4 rings (SSSR count). The number of rotatable bonds is 9. The van der Waals surface area contributed by atoms with E-state index < -0.39 is 0 Å². The summed E-state index contributed by atoms with van der Waals surface area (Å²) in [5, 5.41) is 8.09. The van der Waals surface area contributed by atoms with E-state index in [1.165, 1.54) is 29.1 Å². The van der Waals surface area contributed by atoms with Gasteiger partial charge in [0.15, 0.2) is 11.5 Å². The quantitative estimate of drug-likeness (QED) is 0.461. The minimum absolute atomic E-state index is 0.00564. The molecule has 6 nitrogen and oxygen atoms in total. The van der Waals surface area contributed by atoms with Gasteiger partial charge in [0.05, 0.1) is 32.4 Å². The molecule has 1 saturated heterocycles. The van der Waals surface area contributed by atoms with E-state index >= 15 is 0 Å². The molecule has 1 unspecified atom stereocenters. The van der Waals surface area contributed by atoms with Gasteiger partial charge in [0.25, 0.3) is 0 Å². The summed E-state index contributed by atoms with van der Waals surface area (Å²) in [7, 11) is 3.24. The Morgan fingerprint density at radius 2 is 1.97 bits per heavy atom. The fourth-order valence-electron chi connectivity index (χ4n) is 4.16. The van der Waals surface area contributed by atoms with Crippen molar-refractivity contribution in [2.24, 2.45) is 5.92 Å². The summed E-state index contributed by atoms with van der Waals surface area (Å²) >= 11 is 3.29. The Bertz CT molecular complexity index is 1040. The van der Waals surface area contributed by atoms with Crippen molar-refractivity contribution in [3.8, 4) is 22.1 Å². The first kappa shape index (κ1) is 23.7. The van der Waals surface area contributed by atoms with Gasteiger partial charge in [-0.05, 0) is 61.5 Å². The van der Waals surface area contributed by atoms with Gasteiger partial charge in [-0.25, -0.2) is 4.98 Å². The van der Waals surface area contributed by atoms with Crippen molar-refractivity contribution >= 4 is 28.6 Å². The number of hydrogen-bond donors (Lipinski definition) is 1.